The van der Waals surface area contributed by atoms with Crippen molar-refractivity contribution in [3.63, 3.8) is 0 Å². The Morgan fingerprint density at radius 2 is 1.96 bits per heavy atom. The highest BCUT2D eigenvalue weighted by Crippen LogP contribution is 2.24. The minimum atomic E-state index is -0.0105. The SMILES string of the molecule is CN(C)c1ccc(C=CC(=O)c2cnc(N3CCOCC3)s2)cc1. The number of ketones is 1. The molecule has 5 nitrogen and oxygen atoms in total. The van der Waals surface area contributed by atoms with Gasteiger partial charge in [-0.2, -0.15) is 0 Å². The molecule has 1 fully saturated rings. The molecule has 0 aliphatic carbocycles. The van der Waals surface area contributed by atoms with Gasteiger partial charge in [0.25, 0.3) is 0 Å². The molecule has 0 amide bonds. The maximum Gasteiger partial charge on any atom is 0.197 e. The summed E-state index contributed by atoms with van der Waals surface area (Å²) in [6, 6.07) is 8.08. The standard InChI is InChI=1S/C18H21N3O2S/c1-20(2)15-6-3-14(4-7-15)5-8-16(22)17-13-19-18(24-17)21-9-11-23-12-10-21/h3-8,13H,9-12H2,1-2H3. The van der Waals surface area contributed by atoms with Gasteiger partial charge >= 0.3 is 0 Å². The van der Waals surface area contributed by atoms with Crippen molar-refractivity contribution in [3.05, 3.63) is 47.0 Å². The highest BCUT2D eigenvalue weighted by molar-refractivity contribution is 7.17. The molecule has 0 atom stereocenters. The number of allylic oxidation sites excluding steroid dienone is 1. The normalized spacial score (nSPS) is 15.0. The molecule has 2 heterocycles. The molecule has 126 valence electrons. The molecular weight excluding hydrogens is 322 g/mol. The first-order valence-electron chi connectivity index (χ1n) is 7.92. The van der Waals surface area contributed by atoms with Gasteiger partial charge in [-0.05, 0) is 23.8 Å². The fourth-order valence-corrected chi connectivity index (χ4v) is 3.31. The summed E-state index contributed by atoms with van der Waals surface area (Å²) in [6.07, 6.45) is 5.12. The van der Waals surface area contributed by atoms with Gasteiger partial charge in [-0.3, -0.25) is 4.79 Å². The predicted octanol–water partition coefficient (Wildman–Crippen LogP) is 2.94. The highest BCUT2D eigenvalue weighted by atomic mass is 32.1. The molecule has 24 heavy (non-hydrogen) atoms. The van der Waals surface area contributed by atoms with Gasteiger partial charge < -0.3 is 14.5 Å². The number of hydrogen-bond donors (Lipinski definition) is 0. The zero-order chi connectivity index (χ0) is 16.9. The lowest BCUT2D eigenvalue weighted by molar-refractivity contribution is 0.105. The number of aromatic nitrogens is 1. The lowest BCUT2D eigenvalue weighted by Crippen LogP contribution is -2.36. The first-order valence-corrected chi connectivity index (χ1v) is 8.73. The predicted molar refractivity (Wildman–Crippen MR) is 99.3 cm³/mol. The topological polar surface area (TPSA) is 45.7 Å². The van der Waals surface area contributed by atoms with Crippen LogP contribution in [0.5, 0.6) is 0 Å². The average Bonchev–Trinajstić information content (AvgIpc) is 3.11. The Morgan fingerprint density at radius 1 is 1.25 bits per heavy atom. The molecule has 3 rings (SSSR count). The van der Waals surface area contributed by atoms with Gasteiger partial charge in [0.2, 0.25) is 0 Å². The molecule has 1 aliphatic heterocycles. The lowest BCUT2D eigenvalue weighted by atomic mass is 10.1. The Kier molecular flexibility index (Phi) is 5.27. The van der Waals surface area contributed by atoms with Crippen LogP contribution in [0.2, 0.25) is 0 Å². The average molecular weight is 343 g/mol. The van der Waals surface area contributed by atoms with E-state index < -0.39 is 0 Å². The van der Waals surface area contributed by atoms with E-state index in [1.54, 1.807) is 12.3 Å². The van der Waals surface area contributed by atoms with Crippen molar-refractivity contribution in [3.8, 4) is 0 Å². The number of thiazole rings is 1. The van der Waals surface area contributed by atoms with E-state index in [1.807, 2.05) is 49.3 Å². The summed E-state index contributed by atoms with van der Waals surface area (Å²) in [6.45, 7) is 3.09. The summed E-state index contributed by atoms with van der Waals surface area (Å²) >= 11 is 1.44. The highest BCUT2D eigenvalue weighted by Gasteiger charge is 2.16. The van der Waals surface area contributed by atoms with Crippen LogP contribution in [0.1, 0.15) is 15.2 Å². The van der Waals surface area contributed by atoms with E-state index in [9.17, 15) is 4.79 Å². The van der Waals surface area contributed by atoms with E-state index in [0.717, 1.165) is 29.5 Å². The van der Waals surface area contributed by atoms with Crippen molar-refractivity contribution in [1.29, 1.82) is 0 Å². The lowest BCUT2D eigenvalue weighted by Gasteiger charge is -2.25. The second-order valence-corrected chi connectivity index (χ2v) is 6.80. The van der Waals surface area contributed by atoms with Crippen LogP contribution in [0, 0.1) is 0 Å². The molecule has 1 aliphatic rings. The third-order valence-electron chi connectivity index (χ3n) is 3.85. The van der Waals surface area contributed by atoms with Crippen molar-refractivity contribution in [2.24, 2.45) is 0 Å². The van der Waals surface area contributed by atoms with Gasteiger partial charge in [0.05, 0.1) is 24.3 Å². The quantitative estimate of drug-likeness (QED) is 0.617. The molecule has 1 saturated heterocycles. The van der Waals surface area contributed by atoms with Crippen LogP contribution in [0.3, 0.4) is 0 Å². The second kappa shape index (κ2) is 7.59. The van der Waals surface area contributed by atoms with E-state index in [0.29, 0.717) is 18.1 Å². The number of morpholine rings is 1. The van der Waals surface area contributed by atoms with E-state index in [2.05, 4.69) is 9.88 Å². The Labute approximate surface area is 146 Å². The fraction of sp³-hybridized carbons (Fsp3) is 0.333. The van der Waals surface area contributed by atoms with E-state index >= 15 is 0 Å². The molecule has 1 aromatic carbocycles. The van der Waals surface area contributed by atoms with E-state index in [1.165, 1.54) is 11.3 Å². The summed E-state index contributed by atoms with van der Waals surface area (Å²) in [4.78, 5) is 21.6. The number of carbonyl (C=O) groups excluding carboxylic acids is 1. The molecule has 0 N–H and O–H groups in total. The monoisotopic (exact) mass is 343 g/mol. The molecule has 1 aromatic heterocycles. The Bertz CT molecular complexity index is 716. The van der Waals surface area contributed by atoms with Crippen LogP contribution in [0.4, 0.5) is 10.8 Å². The summed E-state index contributed by atoms with van der Waals surface area (Å²) in [5.41, 5.74) is 2.14. The Hall–Kier alpha value is -2.18. The smallest absolute Gasteiger partial charge is 0.197 e. The number of ether oxygens (including phenoxy) is 1. The molecule has 0 spiro atoms. The second-order valence-electron chi connectivity index (χ2n) is 5.79. The number of benzene rings is 1. The summed E-state index contributed by atoms with van der Waals surface area (Å²) in [5.74, 6) is -0.0105. The number of carbonyl (C=O) groups is 1. The number of anilines is 2. The zero-order valence-electron chi connectivity index (χ0n) is 13.9. The van der Waals surface area contributed by atoms with Crippen LogP contribution in [0.25, 0.3) is 6.08 Å². The third kappa shape index (κ3) is 4.01. The minimum Gasteiger partial charge on any atom is -0.378 e. The molecular formula is C18H21N3O2S. The zero-order valence-corrected chi connectivity index (χ0v) is 14.8. The molecule has 0 radical (unpaired) electrons. The van der Waals surface area contributed by atoms with Crippen molar-refractivity contribution < 1.29 is 9.53 Å². The summed E-state index contributed by atoms with van der Waals surface area (Å²) in [7, 11) is 4.01. The van der Waals surface area contributed by atoms with Gasteiger partial charge in [-0.15, -0.1) is 0 Å². The molecule has 0 bridgehead atoms. The largest absolute Gasteiger partial charge is 0.378 e. The third-order valence-corrected chi connectivity index (χ3v) is 4.93. The number of hydrogen-bond acceptors (Lipinski definition) is 6. The fourth-order valence-electron chi connectivity index (χ4n) is 2.42. The van der Waals surface area contributed by atoms with Crippen molar-refractivity contribution in [2.75, 3.05) is 50.2 Å². The maximum atomic E-state index is 12.3. The first-order chi connectivity index (χ1) is 11.6. The van der Waals surface area contributed by atoms with Crippen LogP contribution in [-0.4, -0.2) is 51.2 Å². The van der Waals surface area contributed by atoms with Crippen LogP contribution >= 0.6 is 11.3 Å². The van der Waals surface area contributed by atoms with E-state index in [4.69, 9.17) is 4.74 Å². The van der Waals surface area contributed by atoms with Crippen LogP contribution in [0.15, 0.2) is 36.5 Å². The summed E-state index contributed by atoms with van der Waals surface area (Å²) in [5, 5.41) is 0.894. The van der Waals surface area contributed by atoms with Gasteiger partial charge in [-0.25, -0.2) is 4.98 Å². The molecule has 0 saturated carbocycles. The van der Waals surface area contributed by atoms with Gasteiger partial charge in [-0.1, -0.05) is 29.5 Å². The van der Waals surface area contributed by atoms with Crippen molar-refractivity contribution in [2.45, 2.75) is 0 Å². The van der Waals surface area contributed by atoms with Crippen molar-refractivity contribution >= 4 is 34.0 Å². The molecule has 0 unspecified atom stereocenters. The first kappa shape index (κ1) is 16.7. The van der Waals surface area contributed by atoms with Gasteiger partial charge in [0.1, 0.15) is 0 Å². The van der Waals surface area contributed by atoms with Gasteiger partial charge in [0.15, 0.2) is 10.9 Å². The summed E-state index contributed by atoms with van der Waals surface area (Å²) < 4.78 is 5.34. The Balaban J connectivity index is 1.65. The number of rotatable bonds is 5. The van der Waals surface area contributed by atoms with Crippen LogP contribution < -0.4 is 9.80 Å². The maximum absolute atomic E-state index is 12.3. The van der Waals surface area contributed by atoms with Gasteiger partial charge in [0, 0.05) is 32.9 Å². The minimum absolute atomic E-state index is 0.0105. The van der Waals surface area contributed by atoms with Crippen molar-refractivity contribution in [1.82, 2.24) is 4.98 Å². The molecule has 6 heteroatoms. The molecule has 2 aromatic rings. The Morgan fingerprint density at radius 3 is 2.62 bits per heavy atom. The number of nitrogens with zero attached hydrogens (tertiary/aromatic N) is 3. The van der Waals surface area contributed by atoms with E-state index in [-0.39, 0.29) is 5.78 Å². The van der Waals surface area contributed by atoms with Crippen LogP contribution in [-0.2, 0) is 4.74 Å².